The van der Waals surface area contributed by atoms with Crippen LogP contribution in [0.2, 0.25) is 5.02 Å². The zero-order valence-corrected chi connectivity index (χ0v) is 15.5. The summed E-state index contributed by atoms with van der Waals surface area (Å²) in [5.41, 5.74) is 5.60. The highest BCUT2D eigenvalue weighted by Crippen LogP contribution is 2.60. The number of rotatable bonds is 6. The Morgan fingerprint density at radius 3 is 2.63 bits per heavy atom. The number of nitrogens with one attached hydrogen (secondary N) is 4. The maximum Gasteiger partial charge on any atom is 0.258 e. The summed E-state index contributed by atoms with van der Waals surface area (Å²) in [4.78, 5) is 24.5. The molecule has 1 aromatic carbocycles. The molecule has 4 aliphatic rings. The minimum atomic E-state index is -0.587. The van der Waals surface area contributed by atoms with Gasteiger partial charge in [-0.3, -0.25) is 20.4 Å². The molecule has 2 bridgehead atoms. The minimum Gasteiger partial charge on any atom is -0.484 e. The molecule has 1 aromatic rings. The van der Waals surface area contributed by atoms with Crippen molar-refractivity contribution in [2.45, 2.75) is 36.8 Å². The summed E-state index contributed by atoms with van der Waals surface area (Å²) in [6.45, 7) is 1.22. The largest absolute Gasteiger partial charge is 0.484 e. The van der Waals surface area contributed by atoms with Crippen molar-refractivity contribution in [3.63, 3.8) is 0 Å². The predicted molar refractivity (Wildman–Crippen MR) is 96.6 cm³/mol. The zero-order chi connectivity index (χ0) is 19.1. The van der Waals surface area contributed by atoms with E-state index in [4.69, 9.17) is 16.3 Å². The van der Waals surface area contributed by atoms with E-state index in [1.54, 1.807) is 0 Å². The van der Waals surface area contributed by atoms with Crippen molar-refractivity contribution in [2.24, 2.45) is 5.92 Å². The lowest BCUT2D eigenvalue weighted by Crippen LogP contribution is -2.84. The molecule has 9 heteroatoms. The molecule has 2 amide bonds. The van der Waals surface area contributed by atoms with Gasteiger partial charge < -0.3 is 15.4 Å². The van der Waals surface area contributed by atoms with Crippen LogP contribution < -0.4 is 26.2 Å². The van der Waals surface area contributed by atoms with Crippen molar-refractivity contribution in [3.05, 3.63) is 29.0 Å². The Hall–Kier alpha value is -1.90. The Morgan fingerprint density at radius 1 is 1.22 bits per heavy atom. The quantitative estimate of drug-likeness (QED) is 0.573. The molecule has 1 aliphatic heterocycles. The molecule has 1 atom stereocenters. The summed E-state index contributed by atoms with van der Waals surface area (Å²) in [7, 11) is 0. The van der Waals surface area contributed by atoms with E-state index in [9.17, 15) is 14.0 Å². The van der Waals surface area contributed by atoms with Crippen LogP contribution in [0, 0.1) is 11.7 Å². The molecule has 4 N–H and O–H groups in total. The summed E-state index contributed by atoms with van der Waals surface area (Å²) in [6, 6.07) is 4.05. The molecule has 1 unspecified atom stereocenters. The SMILES string of the molecule is O=C(COc1ccc(Cl)c(F)c1)NC12CC(NC(=O)C3CCNNC3)(C1)C2. The smallest absolute Gasteiger partial charge is 0.258 e. The normalized spacial score (nSPS) is 31.3. The van der Waals surface area contributed by atoms with E-state index in [1.807, 2.05) is 0 Å². The second-order valence-electron chi connectivity index (χ2n) is 7.79. The average Bonchev–Trinajstić information content (AvgIpc) is 2.60. The molecule has 1 heterocycles. The first-order valence-electron chi connectivity index (χ1n) is 9.05. The number of halogens is 2. The molecule has 0 radical (unpaired) electrons. The maximum absolute atomic E-state index is 13.4. The molecule has 146 valence electrons. The van der Waals surface area contributed by atoms with Crippen LogP contribution in [0.1, 0.15) is 25.7 Å². The van der Waals surface area contributed by atoms with Crippen LogP contribution in [0.4, 0.5) is 4.39 Å². The third kappa shape index (κ3) is 3.74. The van der Waals surface area contributed by atoms with Gasteiger partial charge in [0.2, 0.25) is 5.91 Å². The fraction of sp³-hybridized carbons (Fsp3) is 0.556. The van der Waals surface area contributed by atoms with Gasteiger partial charge in [-0.15, -0.1) is 0 Å². The molecule has 0 spiro atoms. The monoisotopic (exact) mass is 396 g/mol. The van der Waals surface area contributed by atoms with E-state index in [0.717, 1.165) is 38.3 Å². The molecule has 3 aliphatic carbocycles. The van der Waals surface area contributed by atoms with E-state index in [-0.39, 0.29) is 46.2 Å². The molecule has 1 saturated heterocycles. The van der Waals surface area contributed by atoms with E-state index in [2.05, 4.69) is 21.5 Å². The second kappa shape index (κ2) is 6.92. The fourth-order valence-corrected chi connectivity index (χ4v) is 4.44. The molecular formula is C18H22ClFN4O3. The molecule has 27 heavy (non-hydrogen) atoms. The van der Waals surface area contributed by atoms with Gasteiger partial charge in [0.15, 0.2) is 6.61 Å². The molecule has 0 aromatic heterocycles. The Bertz CT molecular complexity index is 749. The highest BCUT2D eigenvalue weighted by Gasteiger charge is 2.69. The Kier molecular flexibility index (Phi) is 4.73. The summed E-state index contributed by atoms with van der Waals surface area (Å²) in [5, 5.41) is 6.14. The third-order valence-electron chi connectivity index (χ3n) is 5.55. The van der Waals surface area contributed by atoms with Gasteiger partial charge in [-0.1, -0.05) is 11.6 Å². The van der Waals surface area contributed by atoms with E-state index >= 15 is 0 Å². The highest BCUT2D eigenvalue weighted by atomic mass is 35.5. The van der Waals surface area contributed by atoms with E-state index in [1.165, 1.54) is 12.1 Å². The van der Waals surface area contributed by atoms with Gasteiger partial charge in [-0.05, 0) is 37.8 Å². The van der Waals surface area contributed by atoms with Crippen molar-refractivity contribution in [1.29, 1.82) is 0 Å². The molecule has 5 rings (SSSR count). The second-order valence-corrected chi connectivity index (χ2v) is 8.19. The van der Waals surface area contributed by atoms with Crippen molar-refractivity contribution in [3.8, 4) is 5.75 Å². The number of carbonyl (C=O) groups is 2. The Morgan fingerprint density at radius 2 is 1.96 bits per heavy atom. The summed E-state index contributed by atoms with van der Waals surface area (Å²) in [5.74, 6) is -0.525. The third-order valence-corrected chi connectivity index (χ3v) is 5.85. The average molecular weight is 397 g/mol. The maximum atomic E-state index is 13.4. The zero-order valence-electron chi connectivity index (χ0n) is 14.7. The fourth-order valence-electron chi connectivity index (χ4n) is 4.32. The van der Waals surface area contributed by atoms with Gasteiger partial charge in [0, 0.05) is 30.2 Å². The van der Waals surface area contributed by atoms with Crippen LogP contribution in [-0.4, -0.2) is 42.6 Å². The van der Waals surface area contributed by atoms with Gasteiger partial charge in [-0.25, -0.2) is 4.39 Å². The Balaban J connectivity index is 1.20. The standard InChI is InChI=1S/C18H22ClFN4O3/c19-13-2-1-12(5-14(13)20)27-7-15(25)23-17-8-18(9-17,10-17)24-16(26)11-3-4-21-22-6-11/h1-2,5,11,21-22H,3-4,6-10H2,(H,23,25)(H,24,26). The Labute approximate surface area is 161 Å². The molecular weight excluding hydrogens is 375 g/mol. The van der Waals surface area contributed by atoms with E-state index in [0.29, 0.717) is 6.54 Å². The summed E-state index contributed by atoms with van der Waals surface area (Å²) in [6.07, 6.45) is 3.04. The molecule has 3 saturated carbocycles. The van der Waals surface area contributed by atoms with Crippen molar-refractivity contribution in [2.75, 3.05) is 19.7 Å². The van der Waals surface area contributed by atoms with Crippen LogP contribution >= 0.6 is 11.6 Å². The topological polar surface area (TPSA) is 91.5 Å². The van der Waals surface area contributed by atoms with Gasteiger partial charge in [-0.2, -0.15) is 0 Å². The van der Waals surface area contributed by atoms with Gasteiger partial charge >= 0.3 is 0 Å². The summed E-state index contributed by atoms with van der Waals surface area (Å²) >= 11 is 5.61. The lowest BCUT2D eigenvalue weighted by atomic mass is 9.44. The molecule has 7 nitrogen and oxygen atoms in total. The lowest BCUT2D eigenvalue weighted by molar-refractivity contribution is -0.152. The van der Waals surface area contributed by atoms with Gasteiger partial charge in [0.05, 0.1) is 10.9 Å². The number of amides is 2. The first-order chi connectivity index (χ1) is 12.9. The van der Waals surface area contributed by atoms with Gasteiger partial charge in [0.25, 0.3) is 5.91 Å². The number of ether oxygens (including phenoxy) is 1. The van der Waals surface area contributed by atoms with Crippen LogP contribution in [0.15, 0.2) is 18.2 Å². The lowest BCUT2D eigenvalue weighted by Gasteiger charge is -2.70. The summed E-state index contributed by atoms with van der Waals surface area (Å²) < 4.78 is 18.7. The van der Waals surface area contributed by atoms with Crippen LogP contribution in [0.3, 0.4) is 0 Å². The van der Waals surface area contributed by atoms with Crippen molar-refractivity contribution >= 4 is 23.4 Å². The minimum absolute atomic E-state index is 0.00767. The van der Waals surface area contributed by atoms with Crippen LogP contribution in [-0.2, 0) is 9.59 Å². The van der Waals surface area contributed by atoms with Gasteiger partial charge in [0.1, 0.15) is 11.6 Å². The van der Waals surface area contributed by atoms with Crippen molar-refractivity contribution < 1.29 is 18.7 Å². The molecule has 4 fully saturated rings. The first kappa shape index (κ1) is 18.5. The highest BCUT2D eigenvalue weighted by molar-refractivity contribution is 6.30. The number of hydrazine groups is 1. The van der Waals surface area contributed by atoms with Crippen LogP contribution in [0.5, 0.6) is 5.75 Å². The number of benzene rings is 1. The number of hydrogen-bond donors (Lipinski definition) is 4. The predicted octanol–water partition coefficient (Wildman–Crippen LogP) is 0.879. The number of hydrogen-bond acceptors (Lipinski definition) is 5. The van der Waals surface area contributed by atoms with Crippen LogP contribution in [0.25, 0.3) is 0 Å². The number of carbonyl (C=O) groups excluding carboxylic acids is 2. The van der Waals surface area contributed by atoms with Crippen molar-refractivity contribution in [1.82, 2.24) is 21.5 Å². The first-order valence-corrected chi connectivity index (χ1v) is 9.43. The van der Waals surface area contributed by atoms with E-state index < -0.39 is 5.82 Å².